The molecule has 1 heterocycles. The summed E-state index contributed by atoms with van der Waals surface area (Å²) >= 11 is 0. The highest BCUT2D eigenvalue weighted by atomic mass is 32.2. The first-order valence-corrected chi connectivity index (χ1v) is 10.6. The number of nitrogen functional groups attached to an aromatic ring is 1. The molecule has 0 spiro atoms. The number of nitrogens with zero attached hydrogens (tertiary/aromatic N) is 1. The molecule has 9 nitrogen and oxygen atoms in total. The topological polar surface area (TPSA) is 130 Å². The molecule has 1 aliphatic heterocycles. The van der Waals surface area contributed by atoms with E-state index in [-0.39, 0.29) is 23.6 Å². The van der Waals surface area contributed by atoms with Crippen molar-refractivity contribution in [2.75, 3.05) is 7.11 Å². The van der Waals surface area contributed by atoms with E-state index >= 15 is 0 Å². The third kappa shape index (κ3) is 4.28. The Kier molecular flexibility index (Phi) is 6.06. The lowest BCUT2D eigenvalue weighted by Gasteiger charge is -2.21. The van der Waals surface area contributed by atoms with E-state index in [0.29, 0.717) is 15.6 Å². The smallest absolute Gasteiger partial charge is 0.380 e. The van der Waals surface area contributed by atoms with Crippen LogP contribution in [0.15, 0.2) is 53.4 Å². The number of carbonyl (C=O) groups excluding carboxylic acids is 2. The number of benzene rings is 2. The van der Waals surface area contributed by atoms with Gasteiger partial charge in [-0.2, -0.15) is 0 Å². The number of carbonyl (C=O) groups is 2. The summed E-state index contributed by atoms with van der Waals surface area (Å²) in [5.41, 5.74) is 7.28. The first-order valence-electron chi connectivity index (χ1n) is 9.11. The molecule has 0 radical (unpaired) electrons. The highest BCUT2D eigenvalue weighted by Gasteiger charge is 2.45. The number of hydrogen-bond acceptors (Lipinski definition) is 6. The predicted molar refractivity (Wildman–Crippen MR) is 107 cm³/mol. The number of hydrogen-bond donors (Lipinski definition) is 2. The summed E-state index contributed by atoms with van der Waals surface area (Å²) < 4.78 is 31.5. The van der Waals surface area contributed by atoms with Crippen molar-refractivity contribution in [3.05, 3.63) is 59.7 Å². The maximum absolute atomic E-state index is 12.9. The lowest BCUT2D eigenvalue weighted by molar-refractivity contribution is -0.724. The fourth-order valence-electron chi connectivity index (χ4n) is 3.00. The van der Waals surface area contributed by atoms with Crippen molar-refractivity contribution in [1.82, 2.24) is 4.31 Å². The Morgan fingerprint density at radius 2 is 1.77 bits per heavy atom. The number of aryl methyl sites for hydroxylation is 1. The molecule has 0 bridgehead atoms. The number of nitrogens with one attached hydrogen (secondary N) is 1. The van der Waals surface area contributed by atoms with Crippen LogP contribution in [0.25, 0.3) is 0 Å². The molecule has 1 amide bonds. The number of methoxy groups -OCH3 is 1. The van der Waals surface area contributed by atoms with E-state index in [2.05, 4.69) is 5.16 Å². The van der Waals surface area contributed by atoms with Gasteiger partial charge >= 0.3 is 11.8 Å². The summed E-state index contributed by atoms with van der Waals surface area (Å²) in [5.74, 6) is -0.911. The van der Waals surface area contributed by atoms with Crippen LogP contribution >= 0.6 is 0 Å². The minimum Gasteiger partial charge on any atom is -0.497 e. The Balaban J connectivity index is 1.78. The van der Waals surface area contributed by atoms with Gasteiger partial charge in [0.2, 0.25) is 5.91 Å². The Labute approximate surface area is 174 Å². The average Bonchev–Trinajstić information content (AvgIpc) is 3.14. The van der Waals surface area contributed by atoms with Gasteiger partial charge in [-0.15, -0.1) is 0 Å². The molecule has 158 valence electrons. The summed E-state index contributed by atoms with van der Waals surface area (Å²) in [4.78, 5) is 29.7. The van der Waals surface area contributed by atoms with Crippen LogP contribution in [0, 0.1) is 6.92 Å². The minimum absolute atomic E-state index is 0.0207. The highest BCUT2D eigenvalue weighted by molar-refractivity contribution is 7.89. The molecule has 2 aromatic carbocycles. The summed E-state index contributed by atoms with van der Waals surface area (Å²) in [5, 5.41) is 2.32. The van der Waals surface area contributed by atoms with E-state index in [1.54, 1.807) is 36.4 Å². The molecule has 1 fully saturated rings. The number of ether oxygens (including phenoxy) is 1. The van der Waals surface area contributed by atoms with Crippen LogP contribution in [0.2, 0.25) is 0 Å². The van der Waals surface area contributed by atoms with Crippen molar-refractivity contribution >= 4 is 27.7 Å². The fourth-order valence-corrected chi connectivity index (χ4v) is 4.60. The molecule has 2 aromatic rings. The zero-order valence-electron chi connectivity index (χ0n) is 16.5. The minimum atomic E-state index is -4.19. The zero-order valence-corrected chi connectivity index (χ0v) is 17.3. The van der Waals surface area contributed by atoms with Gasteiger partial charge < -0.3 is 4.74 Å². The summed E-state index contributed by atoms with van der Waals surface area (Å²) in [6, 6.07) is 11.4. The first kappa shape index (κ1) is 21.3. The molecule has 3 rings (SSSR count). The maximum Gasteiger partial charge on any atom is 0.380 e. The van der Waals surface area contributed by atoms with Crippen molar-refractivity contribution < 1.29 is 32.7 Å². The molecule has 1 aliphatic rings. The molecule has 0 unspecified atom stereocenters. The van der Waals surface area contributed by atoms with Gasteiger partial charge in [-0.1, -0.05) is 22.9 Å². The van der Waals surface area contributed by atoms with Gasteiger partial charge in [0.05, 0.1) is 17.6 Å². The van der Waals surface area contributed by atoms with E-state index in [1.807, 2.05) is 6.92 Å². The zero-order chi connectivity index (χ0) is 21.9. The quantitative estimate of drug-likeness (QED) is 0.276. The van der Waals surface area contributed by atoms with E-state index in [9.17, 15) is 18.0 Å². The van der Waals surface area contributed by atoms with Gasteiger partial charge in [0, 0.05) is 6.42 Å². The van der Waals surface area contributed by atoms with E-state index in [4.69, 9.17) is 15.3 Å². The summed E-state index contributed by atoms with van der Waals surface area (Å²) in [6.07, 6.45) is -0.0601. The third-order valence-electron chi connectivity index (χ3n) is 4.67. The molecular weight excluding hydrogens is 410 g/mol. The highest BCUT2D eigenvalue weighted by Crippen LogP contribution is 2.27. The number of nitrogens with two attached hydrogens (primary N) is 1. The van der Waals surface area contributed by atoms with Crippen LogP contribution in [0.3, 0.4) is 0 Å². The lowest BCUT2D eigenvalue weighted by Crippen LogP contribution is -2.76. The van der Waals surface area contributed by atoms with Crippen LogP contribution in [0.5, 0.6) is 5.75 Å². The van der Waals surface area contributed by atoms with Crippen molar-refractivity contribution in [2.24, 2.45) is 5.73 Å². The van der Waals surface area contributed by atoms with E-state index in [0.717, 1.165) is 5.56 Å². The van der Waals surface area contributed by atoms with Gasteiger partial charge in [-0.05, 0) is 49.7 Å². The van der Waals surface area contributed by atoms with E-state index in [1.165, 1.54) is 19.2 Å². The summed E-state index contributed by atoms with van der Waals surface area (Å²) in [7, 11) is -2.66. The van der Waals surface area contributed by atoms with Gasteiger partial charge in [0.25, 0.3) is 10.0 Å². The van der Waals surface area contributed by atoms with Crippen molar-refractivity contribution in [2.45, 2.75) is 30.7 Å². The molecule has 30 heavy (non-hydrogen) atoms. The third-order valence-corrected chi connectivity index (χ3v) is 6.52. The van der Waals surface area contributed by atoms with Crippen LogP contribution in [0.4, 0.5) is 0 Å². The molecule has 0 saturated carbocycles. The molecule has 1 saturated heterocycles. The Bertz CT molecular complexity index is 1080. The largest absolute Gasteiger partial charge is 0.497 e. The maximum atomic E-state index is 12.9. The average molecular weight is 432 g/mol. The second-order valence-electron chi connectivity index (χ2n) is 6.73. The number of sulfonamides is 1. The Morgan fingerprint density at radius 1 is 1.13 bits per heavy atom. The fraction of sp³-hybridized carbons (Fsp3) is 0.250. The first-order chi connectivity index (χ1) is 14.2. The van der Waals surface area contributed by atoms with Gasteiger partial charge in [-0.25, -0.2) is 17.5 Å². The summed E-state index contributed by atoms with van der Waals surface area (Å²) in [6.45, 7) is 1.81. The van der Waals surface area contributed by atoms with E-state index < -0.39 is 27.9 Å². The van der Waals surface area contributed by atoms with Gasteiger partial charge in [0.15, 0.2) is 6.04 Å². The normalized spacial score (nSPS) is 17.1. The predicted octanol–water partition coefficient (Wildman–Crippen LogP) is -0.372. The van der Waals surface area contributed by atoms with Gasteiger partial charge in [-0.3, -0.25) is 15.4 Å². The second-order valence-corrected chi connectivity index (χ2v) is 8.54. The lowest BCUT2D eigenvalue weighted by atomic mass is 10.2. The van der Waals surface area contributed by atoms with Crippen LogP contribution in [0.1, 0.15) is 24.0 Å². The molecule has 0 aliphatic carbocycles. The standard InChI is InChI=1S/C20H21N3O6S/c1-13-3-9-16(10-4-13)30(26,27)23-17(11-12-18(23)24)20(25)29-22-19(21)14-5-7-15(28-2)8-6-14/h3-10,17H,11-12H2,1-2H3,(H2,21,22)/p+1/t17-/m1/s1. The molecule has 1 atom stereocenters. The number of rotatable bonds is 6. The van der Waals surface area contributed by atoms with Crippen LogP contribution in [-0.2, 0) is 24.4 Å². The molecule has 0 aromatic heterocycles. The van der Waals surface area contributed by atoms with Crippen molar-refractivity contribution in [1.29, 1.82) is 0 Å². The Morgan fingerprint density at radius 3 is 2.37 bits per heavy atom. The monoisotopic (exact) mass is 432 g/mol. The van der Waals surface area contributed by atoms with Crippen LogP contribution < -0.4 is 15.6 Å². The van der Waals surface area contributed by atoms with Gasteiger partial charge in [0.1, 0.15) is 5.75 Å². The van der Waals surface area contributed by atoms with Crippen LogP contribution in [-0.4, -0.2) is 43.6 Å². The Hall–Kier alpha value is -3.40. The molecule has 3 N–H and O–H groups in total. The molecule has 10 heteroatoms. The number of amidine groups is 1. The SMILES string of the molecule is COc1ccc(C(N)=[NH+]OC(=O)[C@H]2CCC(=O)N2S(=O)(=O)c2ccc(C)cc2)cc1. The number of amides is 1. The molecular formula is C20H22N3O6S+. The second kappa shape index (κ2) is 8.54. The van der Waals surface area contributed by atoms with Crippen molar-refractivity contribution in [3.63, 3.8) is 0 Å². The van der Waals surface area contributed by atoms with Crippen molar-refractivity contribution in [3.8, 4) is 5.75 Å².